The smallest absolute Gasteiger partial charge is 0.245 e. The van der Waals surface area contributed by atoms with Gasteiger partial charge in [0.2, 0.25) is 10.0 Å². The van der Waals surface area contributed by atoms with Crippen molar-refractivity contribution in [3.05, 3.63) is 6.20 Å². The molecule has 1 aromatic heterocycles. The molecular weight excluding hydrogens is 252 g/mol. The van der Waals surface area contributed by atoms with Crippen LogP contribution < -0.4 is 10.5 Å². The largest absolute Gasteiger partial charge is 0.381 e. The van der Waals surface area contributed by atoms with Crippen LogP contribution in [0.1, 0.15) is 27.2 Å². The molecule has 0 aliphatic heterocycles. The molecule has 0 bridgehead atoms. The molecule has 2 rings (SSSR count). The predicted molar refractivity (Wildman–Crippen MR) is 69.4 cm³/mol. The summed E-state index contributed by atoms with van der Waals surface area (Å²) >= 11 is 0. The first-order valence-corrected chi connectivity index (χ1v) is 7.57. The van der Waals surface area contributed by atoms with Crippen LogP contribution in [0.5, 0.6) is 0 Å². The minimum absolute atomic E-state index is 0.0550. The third-order valence-corrected chi connectivity index (χ3v) is 5.05. The maximum atomic E-state index is 12.1. The number of aromatic nitrogens is 2. The van der Waals surface area contributed by atoms with E-state index < -0.39 is 10.0 Å². The maximum Gasteiger partial charge on any atom is 0.245 e. The highest BCUT2D eigenvalue weighted by atomic mass is 32.2. The maximum absolute atomic E-state index is 12.1. The van der Waals surface area contributed by atoms with Gasteiger partial charge in [0.1, 0.15) is 4.90 Å². The fourth-order valence-electron chi connectivity index (χ4n) is 2.00. The van der Waals surface area contributed by atoms with Gasteiger partial charge in [-0.2, -0.15) is 5.10 Å². The molecule has 1 atom stereocenters. The second-order valence-electron chi connectivity index (χ2n) is 5.48. The normalized spacial score (nSPS) is 22.1. The van der Waals surface area contributed by atoms with Gasteiger partial charge in [-0.3, -0.25) is 4.68 Å². The lowest BCUT2D eigenvalue weighted by Crippen LogP contribution is -2.27. The molecule has 1 unspecified atom stereocenters. The van der Waals surface area contributed by atoms with Gasteiger partial charge in [-0.05, 0) is 24.7 Å². The molecule has 3 N–H and O–H groups in total. The Kier molecular flexibility index (Phi) is 3.14. The molecule has 0 aromatic carbocycles. The van der Waals surface area contributed by atoms with Gasteiger partial charge in [-0.1, -0.05) is 13.8 Å². The number of hydrogen-bond donors (Lipinski definition) is 2. The van der Waals surface area contributed by atoms with Crippen molar-refractivity contribution in [3.63, 3.8) is 0 Å². The van der Waals surface area contributed by atoms with Crippen molar-refractivity contribution in [2.45, 2.75) is 38.6 Å². The topological polar surface area (TPSA) is 90.0 Å². The SMILES string of the molecule is CCn1cc(S(=O)(=O)NCC2CC2(C)C)c(N)n1. The quantitative estimate of drug-likeness (QED) is 0.830. The van der Waals surface area contributed by atoms with Gasteiger partial charge in [0.15, 0.2) is 5.82 Å². The number of nitrogen functional groups attached to an aromatic ring is 1. The first-order valence-electron chi connectivity index (χ1n) is 6.09. The van der Waals surface area contributed by atoms with Crippen LogP contribution in [0.15, 0.2) is 11.1 Å². The third kappa shape index (κ3) is 2.51. The second kappa shape index (κ2) is 4.24. The monoisotopic (exact) mass is 272 g/mol. The molecule has 6 nitrogen and oxygen atoms in total. The van der Waals surface area contributed by atoms with E-state index in [0.29, 0.717) is 19.0 Å². The van der Waals surface area contributed by atoms with E-state index in [1.807, 2.05) is 6.92 Å². The number of anilines is 1. The lowest BCUT2D eigenvalue weighted by Gasteiger charge is -2.06. The summed E-state index contributed by atoms with van der Waals surface area (Å²) < 4.78 is 28.3. The van der Waals surface area contributed by atoms with Crippen molar-refractivity contribution in [1.29, 1.82) is 0 Å². The highest BCUT2D eigenvalue weighted by Gasteiger charge is 2.45. The van der Waals surface area contributed by atoms with Gasteiger partial charge in [0, 0.05) is 19.3 Å². The van der Waals surface area contributed by atoms with E-state index in [-0.39, 0.29) is 16.1 Å². The van der Waals surface area contributed by atoms with Gasteiger partial charge in [-0.15, -0.1) is 0 Å². The summed E-state index contributed by atoms with van der Waals surface area (Å²) in [6, 6.07) is 0. The first kappa shape index (κ1) is 13.4. The number of hydrogen-bond acceptors (Lipinski definition) is 4. The average molecular weight is 272 g/mol. The van der Waals surface area contributed by atoms with E-state index in [2.05, 4.69) is 23.7 Å². The molecule has 18 heavy (non-hydrogen) atoms. The number of nitrogens with one attached hydrogen (secondary N) is 1. The summed E-state index contributed by atoms with van der Waals surface area (Å²) in [5.41, 5.74) is 5.88. The molecule has 7 heteroatoms. The molecule has 1 aromatic rings. The van der Waals surface area contributed by atoms with Gasteiger partial charge >= 0.3 is 0 Å². The highest BCUT2D eigenvalue weighted by Crippen LogP contribution is 2.51. The number of rotatable bonds is 5. The van der Waals surface area contributed by atoms with Crippen LogP contribution in [0.3, 0.4) is 0 Å². The zero-order chi connectivity index (χ0) is 13.6. The summed E-state index contributed by atoms with van der Waals surface area (Å²) in [6.07, 6.45) is 2.52. The lowest BCUT2D eigenvalue weighted by molar-refractivity contribution is 0.537. The van der Waals surface area contributed by atoms with Crippen molar-refractivity contribution < 1.29 is 8.42 Å². The van der Waals surface area contributed by atoms with Crippen molar-refractivity contribution in [2.75, 3.05) is 12.3 Å². The number of aryl methyl sites for hydroxylation is 1. The van der Waals surface area contributed by atoms with Crippen LogP contribution in [-0.2, 0) is 16.6 Å². The van der Waals surface area contributed by atoms with Gasteiger partial charge in [0.25, 0.3) is 0 Å². The Morgan fingerprint density at radius 2 is 2.22 bits per heavy atom. The number of sulfonamides is 1. The second-order valence-corrected chi connectivity index (χ2v) is 7.21. The molecular formula is C11H20N4O2S. The summed E-state index contributed by atoms with van der Waals surface area (Å²) in [5, 5.41) is 3.94. The molecule has 0 radical (unpaired) electrons. The number of nitrogens with two attached hydrogens (primary N) is 1. The Bertz CT molecular complexity index is 547. The van der Waals surface area contributed by atoms with Crippen molar-refractivity contribution in [1.82, 2.24) is 14.5 Å². The van der Waals surface area contributed by atoms with Crippen LogP contribution in [-0.4, -0.2) is 24.7 Å². The molecule has 1 heterocycles. The Morgan fingerprint density at radius 3 is 2.67 bits per heavy atom. The van der Waals surface area contributed by atoms with Crippen LogP contribution in [0.2, 0.25) is 0 Å². The standard InChI is InChI=1S/C11H20N4O2S/c1-4-15-7-9(10(12)14-15)18(16,17)13-6-8-5-11(8,2)3/h7-8,13H,4-6H2,1-3H3,(H2,12,14). The molecule has 1 aliphatic carbocycles. The zero-order valence-electron chi connectivity index (χ0n) is 11.0. The molecule has 102 valence electrons. The summed E-state index contributed by atoms with van der Waals surface area (Å²) in [6.45, 7) is 7.20. The van der Waals surface area contributed by atoms with E-state index >= 15 is 0 Å². The van der Waals surface area contributed by atoms with E-state index in [1.54, 1.807) is 0 Å². The average Bonchev–Trinajstić information content (AvgIpc) is 2.70. The highest BCUT2D eigenvalue weighted by molar-refractivity contribution is 7.89. The summed E-state index contributed by atoms with van der Waals surface area (Å²) in [4.78, 5) is 0.0720. The Balaban J connectivity index is 2.08. The molecule has 0 amide bonds. The van der Waals surface area contributed by atoms with Gasteiger partial charge in [-0.25, -0.2) is 13.1 Å². The van der Waals surface area contributed by atoms with Crippen molar-refractivity contribution >= 4 is 15.8 Å². The van der Waals surface area contributed by atoms with Crippen molar-refractivity contribution in [2.24, 2.45) is 11.3 Å². The lowest BCUT2D eigenvalue weighted by atomic mass is 10.1. The van der Waals surface area contributed by atoms with E-state index in [4.69, 9.17) is 5.73 Å². The van der Waals surface area contributed by atoms with Crippen LogP contribution >= 0.6 is 0 Å². The predicted octanol–water partition coefficient (Wildman–Crippen LogP) is 0.810. The number of nitrogens with zero attached hydrogens (tertiary/aromatic N) is 2. The summed E-state index contributed by atoms with van der Waals surface area (Å²) in [5.74, 6) is 0.467. The fraction of sp³-hybridized carbons (Fsp3) is 0.727. The molecule has 1 fully saturated rings. The zero-order valence-corrected chi connectivity index (χ0v) is 11.8. The summed E-state index contributed by atoms with van der Waals surface area (Å²) in [7, 11) is -3.54. The van der Waals surface area contributed by atoms with Crippen LogP contribution in [0.4, 0.5) is 5.82 Å². The molecule has 0 spiro atoms. The minimum Gasteiger partial charge on any atom is -0.381 e. The fourth-order valence-corrected chi connectivity index (χ4v) is 3.15. The minimum atomic E-state index is -3.54. The molecule has 0 saturated heterocycles. The van der Waals surface area contributed by atoms with Crippen molar-refractivity contribution in [3.8, 4) is 0 Å². The molecule has 1 saturated carbocycles. The van der Waals surface area contributed by atoms with E-state index in [1.165, 1.54) is 10.9 Å². The first-order chi connectivity index (χ1) is 8.26. The van der Waals surface area contributed by atoms with Gasteiger partial charge < -0.3 is 5.73 Å². The van der Waals surface area contributed by atoms with Crippen LogP contribution in [0.25, 0.3) is 0 Å². The third-order valence-electron chi connectivity index (χ3n) is 3.61. The van der Waals surface area contributed by atoms with Crippen LogP contribution in [0, 0.1) is 11.3 Å². The van der Waals surface area contributed by atoms with Gasteiger partial charge in [0.05, 0.1) is 0 Å². The molecule has 1 aliphatic rings. The Labute approximate surface area is 108 Å². The van der Waals surface area contributed by atoms with E-state index in [9.17, 15) is 8.42 Å². The van der Waals surface area contributed by atoms with E-state index in [0.717, 1.165) is 6.42 Å². The Hall–Kier alpha value is -1.08. The Morgan fingerprint density at radius 1 is 1.61 bits per heavy atom.